The molecule has 1 saturated heterocycles. The Morgan fingerprint density at radius 1 is 1.11 bits per heavy atom. The number of piperidine rings is 1. The van der Waals surface area contributed by atoms with Gasteiger partial charge < -0.3 is 4.90 Å². The number of rotatable bonds is 4. The van der Waals surface area contributed by atoms with E-state index in [0.717, 1.165) is 58.8 Å². The van der Waals surface area contributed by atoms with E-state index in [-0.39, 0.29) is 5.56 Å². The minimum Gasteiger partial charge on any atom is -0.341 e. The number of nitrogens with zero attached hydrogens (tertiary/aromatic N) is 6. The molecule has 7 nitrogen and oxygen atoms in total. The first-order valence-electron chi connectivity index (χ1n) is 9.57. The van der Waals surface area contributed by atoms with E-state index in [1.165, 1.54) is 0 Å². The Hall–Kier alpha value is -2.61. The molecule has 0 spiro atoms. The fourth-order valence-electron chi connectivity index (χ4n) is 3.62. The Labute approximate surface area is 168 Å². The predicted octanol–water partition coefficient (Wildman–Crippen LogP) is 3.00. The van der Waals surface area contributed by atoms with Crippen LogP contribution in [-0.2, 0) is 6.54 Å². The first kappa shape index (κ1) is 18.7. The van der Waals surface area contributed by atoms with E-state index in [1.54, 1.807) is 28.2 Å². The van der Waals surface area contributed by atoms with E-state index in [9.17, 15) is 4.79 Å². The van der Waals surface area contributed by atoms with Gasteiger partial charge in [-0.2, -0.15) is 5.10 Å². The molecule has 0 unspecified atom stereocenters. The molecule has 1 aliphatic rings. The fraction of sp³-hybridized carbons (Fsp3) is 0.450. The second kappa shape index (κ2) is 7.79. The van der Waals surface area contributed by atoms with E-state index < -0.39 is 0 Å². The lowest BCUT2D eigenvalue weighted by Crippen LogP contribution is -2.37. The van der Waals surface area contributed by atoms with Crippen LogP contribution >= 0.6 is 11.3 Å². The summed E-state index contributed by atoms with van der Waals surface area (Å²) in [5.41, 5.74) is 2.72. The van der Waals surface area contributed by atoms with Crippen LogP contribution in [0.1, 0.15) is 29.2 Å². The van der Waals surface area contributed by atoms with E-state index in [0.29, 0.717) is 12.5 Å². The molecule has 4 rings (SSSR count). The van der Waals surface area contributed by atoms with E-state index in [1.807, 2.05) is 33.0 Å². The summed E-state index contributed by atoms with van der Waals surface area (Å²) >= 11 is 1.62. The Morgan fingerprint density at radius 3 is 2.57 bits per heavy atom. The average molecular weight is 397 g/mol. The molecule has 0 saturated carbocycles. The van der Waals surface area contributed by atoms with E-state index >= 15 is 0 Å². The zero-order valence-electron chi connectivity index (χ0n) is 16.4. The Kier molecular flexibility index (Phi) is 5.21. The van der Waals surface area contributed by atoms with Crippen LogP contribution in [0.15, 0.2) is 29.2 Å². The maximum atomic E-state index is 12.3. The van der Waals surface area contributed by atoms with Crippen molar-refractivity contribution in [2.75, 3.05) is 18.0 Å². The summed E-state index contributed by atoms with van der Waals surface area (Å²) in [5, 5.41) is 5.65. The van der Waals surface area contributed by atoms with Gasteiger partial charge in [-0.25, -0.2) is 19.6 Å². The summed E-state index contributed by atoms with van der Waals surface area (Å²) in [6.07, 6.45) is 3.80. The van der Waals surface area contributed by atoms with Gasteiger partial charge in [-0.15, -0.1) is 11.3 Å². The number of anilines is 1. The second-order valence-corrected chi connectivity index (χ2v) is 8.52. The minimum atomic E-state index is -0.0490. The molecule has 0 atom stereocenters. The molecule has 4 heterocycles. The average Bonchev–Trinajstić information content (AvgIpc) is 3.02. The van der Waals surface area contributed by atoms with Crippen LogP contribution < -0.4 is 10.5 Å². The standard InChI is InChI=1S/C20H24N6OS/c1-13-6-9-21-20(22-13)25-10-7-16(8-11-25)12-26-18(27)5-4-17(24-26)19-14(2)23-15(3)28-19/h4-6,9,16H,7-8,10-12H2,1-3H3. The lowest BCUT2D eigenvalue weighted by Gasteiger charge is -2.32. The molecule has 3 aromatic rings. The van der Waals surface area contributed by atoms with Crippen LogP contribution in [0.3, 0.4) is 0 Å². The monoisotopic (exact) mass is 396 g/mol. The number of aromatic nitrogens is 5. The topological polar surface area (TPSA) is 76.8 Å². The highest BCUT2D eigenvalue weighted by Crippen LogP contribution is 2.27. The lowest BCUT2D eigenvalue weighted by atomic mass is 9.97. The van der Waals surface area contributed by atoms with E-state index in [2.05, 4.69) is 25.0 Å². The Bertz CT molecular complexity index is 1040. The number of hydrogen-bond donors (Lipinski definition) is 0. The molecule has 0 aliphatic carbocycles. The third-order valence-electron chi connectivity index (χ3n) is 5.11. The molecule has 28 heavy (non-hydrogen) atoms. The number of aryl methyl sites for hydroxylation is 3. The Balaban J connectivity index is 1.46. The lowest BCUT2D eigenvalue weighted by molar-refractivity contribution is 0.334. The fourth-order valence-corrected chi connectivity index (χ4v) is 4.50. The molecule has 0 aromatic carbocycles. The smallest absolute Gasteiger partial charge is 0.266 e. The molecular weight excluding hydrogens is 372 g/mol. The summed E-state index contributed by atoms with van der Waals surface area (Å²) in [7, 11) is 0. The molecule has 0 amide bonds. The molecule has 3 aromatic heterocycles. The van der Waals surface area contributed by atoms with Gasteiger partial charge >= 0.3 is 0 Å². The van der Waals surface area contributed by atoms with Gasteiger partial charge in [-0.3, -0.25) is 4.79 Å². The summed E-state index contributed by atoms with van der Waals surface area (Å²) in [6, 6.07) is 5.33. The SMILES string of the molecule is Cc1ccnc(N2CCC(Cn3nc(-c4sc(C)nc4C)ccc3=O)CC2)n1. The third-order valence-corrected chi connectivity index (χ3v) is 6.21. The van der Waals surface area contributed by atoms with Crippen molar-refractivity contribution in [2.24, 2.45) is 5.92 Å². The van der Waals surface area contributed by atoms with Crippen molar-refractivity contribution < 1.29 is 0 Å². The van der Waals surface area contributed by atoms with E-state index in [4.69, 9.17) is 0 Å². The molecule has 0 N–H and O–H groups in total. The van der Waals surface area contributed by atoms with Crippen molar-refractivity contribution in [2.45, 2.75) is 40.2 Å². The highest BCUT2D eigenvalue weighted by Gasteiger charge is 2.22. The highest BCUT2D eigenvalue weighted by molar-refractivity contribution is 7.15. The molecule has 1 aliphatic heterocycles. The van der Waals surface area contributed by atoms with Gasteiger partial charge in [0.2, 0.25) is 5.95 Å². The van der Waals surface area contributed by atoms with Crippen molar-refractivity contribution in [1.29, 1.82) is 0 Å². The van der Waals surface area contributed by atoms with Gasteiger partial charge in [-0.1, -0.05) is 0 Å². The number of thiazole rings is 1. The quantitative estimate of drug-likeness (QED) is 0.675. The third kappa shape index (κ3) is 3.96. The van der Waals surface area contributed by atoms with Crippen molar-refractivity contribution >= 4 is 17.3 Å². The van der Waals surface area contributed by atoms with Crippen LogP contribution in [-0.4, -0.2) is 37.8 Å². The zero-order valence-corrected chi connectivity index (χ0v) is 17.2. The van der Waals surface area contributed by atoms with Gasteiger partial charge in [0.05, 0.1) is 15.6 Å². The molecular formula is C20H24N6OS. The van der Waals surface area contributed by atoms with Crippen molar-refractivity contribution in [3.8, 4) is 10.6 Å². The minimum absolute atomic E-state index is 0.0490. The molecule has 0 radical (unpaired) electrons. The van der Waals surface area contributed by atoms with Gasteiger partial charge in [-0.05, 0) is 51.7 Å². The van der Waals surface area contributed by atoms with Crippen LogP contribution in [0.5, 0.6) is 0 Å². The predicted molar refractivity (Wildman–Crippen MR) is 111 cm³/mol. The Morgan fingerprint density at radius 2 is 1.89 bits per heavy atom. The van der Waals surface area contributed by atoms with Crippen LogP contribution in [0, 0.1) is 26.7 Å². The van der Waals surface area contributed by atoms with Gasteiger partial charge in [0.25, 0.3) is 5.56 Å². The zero-order chi connectivity index (χ0) is 19.7. The second-order valence-electron chi connectivity index (χ2n) is 7.31. The van der Waals surface area contributed by atoms with Crippen LogP contribution in [0.25, 0.3) is 10.6 Å². The van der Waals surface area contributed by atoms with Crippen molar-refractivity contribution in [1.82, 2.24) is 24.7 Å². The first-order valence-corrected chi connectivity index (χ1v) is 10.4. The van der Waals surface area contributed by atoms with Gasteiger partial charge in [0.15, 0.2) is 0 Å². The maximum absolute atomic E-state index is 12.3. The normalized spacial score (nSPS) is 15.2. The summed E-state index contributed by atoms with van der Waals surface area (Å²) in [6.45, 7) is 8.40. The summed E-state index contributed by atoms with van der Waals surface area (Å²) < 4.78 is 1.62. The maximum Gasteiger partial charge on any atom is 0.266 e. The highest BCUT2D eigenvalue weighted by atomic mass is 32.1. The van der Waals surface area contributed by atoms with Crippen molar-refractivity contribution in [3.05, 3.63) is 51.1 Å². The van der Waals surface area contributed by atoms with Crippen LogP contribution in [0.2, 0.25) is 0 Å². The molecule has 8 heteroatoms. The van der Waals surface area contributed by atoms with Crippen LogP contribution in [0.4, 0.5) is 5.95 Å². The largest absolute Gasteiger partial charge is 0.341 e. The first-order chi connectivity index (χ1) is 13.5. The summed E-state index contributed by atoms with van der Waals surface area (Å²) in [5.74, 6) is 1.22. The molecule has 0 bridgehead atoms. The number of hydrogen-bond acceptors (Lipinski definition) is 7. The molecule has 146 valence electrons. The van der Waals surface area contributed by atoms with Gasteiger partial charge in [0.1, 0.15) is 5.69 Å². The van der Waals surface area contributed by atoms with Gasteiger partial charge in [0, 0.05) is 37.6 Å². The molecule has 1 fully saturated rings. The summed E-state index contributed by atoms with van der Waals surface area (Å²) in [4.78, 5) is 29.0. The van der Waals surface area contributed by atoms with Crippen molar-refractivity contribution in [3.63, 3.8) is 0 Å².